The largest absolute Gasteiger partial charge is 0.370 e. The van der Waals surface area contributed by atoms with Crippen molar-refractivity contribution in [2.24, 2.45) is 15.7 Å². The average molecular weight is 220 g/mol. The van der Waals surface area contributed by atoms with Crippen molar-refractivity contribution in [2.45, 2.75) is 39.2 Å². The van der Waals surface area contributed by atoms with Gasteiger partial charge >= 0.3 is 0 Å². The minimum absolute atomic E-state index is 0. The van der Waals surface area contributed by atoms with Crippen LogP contribution in [0.4, 0.5) is 0 Å². The topological polar surface area (TPSA) is 67.8 Å². The second-order valence-corrected chi connectivity index (χ2v) is 3.46. The van der Waals surface area contributed by atoms with Crippen molar-refractivity contribution in [3.63, 3.8) is 0 Å². The van der Waals surface area contributed by atoms with Gasteiger partial charge in [-0.2, -0.15) is 0 Å². The summed E-state index contributed by atoms with van der Waals surface area (Å²) in [5.74, 6) is -0.296. The lowest BCUT2D eigenvalue weighted by Crippen LogP contribution is -2.21. The van der Waals surface area contributed by atoms with Crippen LogP contribution in [0.15, 0.2) is 9.98 Å². The van der Waals surface area contributed by atoms with Gasteiger partial charge in [0.1, 0.15) is 0 Å². The number of nitrogens with two attached hydrogens (primary N) is 1. The first-order chi connectivity index (χ1) is 5.98. The Morgan fingerprint density at radius 2 is 2.07 bits per heavy atom. The Labute approximate surface area is 91.1 Å². The molecule has 0 radical (unpaired) electrons. The van der Waals surface area contributed by atoms with E-state index in [9.17, 15) is 4.79 Å². The fraction of sp³-hybridized carbons (Fsp3) is 0.778. The second-order valence-electron chi connectivity index (χ2n) is 3.46. The summed E-state index contributed by atoms with van der Waals surface area (Å²) in [4.78, 5) is 18.5. The Kier molecular flexibility index (Phi) is 8.40. The number of carbonyl (C=O) groups excluding carboxylic acids is 1. The molecule has 0 atom stereocenters. The van der Waals surface area contributed by atoms with Crippen LogP contribution in [-0.2, 0) is 4.79 Å². The quantitative estimate of drug-likeness (QED) is 0.702. The van der Waals surface area contributed by atoms with E-state index in [1.54, 1.807) is 0 Å². The third-order valence-electron chi connectivity index (χ3n) is 1.56. The van der Waals surface area contributed by atoms with Gasteiger partial charge in [-0.3, -0.25) is 4.79 Å². The maximum absolute atomic E-state index is 10.5. The number of rotatable bonds is 5. The molecule has 0 rings (SSSR count). The van der Waals surface area contributed by atoms with Crippen LogP contribution in [0.2, 0.25) is 0 Å². The molecular weight excluding hydrogens is 202 g/mol. The first-order valence-corrected chi connectivity index (χ1v) is 4.39. The van der Waals surface area contributed by atoms with Gasteiger partial charge in [0, 0.05) is 13.0 Å². The van der Waals surface area contributed by atoms with E-state index in [0.717, 1.165) is 0 Å². The molecule has 5 heteroatoms. The number of aliphatic imine (C=N–C) groups is 2. The van der Waals surface area contributed by atoms with Crippen molar-refractivity contribution in [2.75, 3.05) is 6.54 Å². The zero-order valence-electron chi connectivity index (χ0n) is 8.91. The Hall–Kier alpha value is -0.860. The van der Waals surface area contributed by atoms with Gasteiger partial charge in [-0.05, 0) is 27.2 Å². The maximum atomic E-state index is 10.5. The van der Waals surface area contributed by atoms with Crippen LogP contribution < -0.4 is 5.73 Å². The van der Waals surface area contributed by atoms with Gasteiger partial charge in [-0.15, -0.1) is 12.4 Å². The molecule has 2 N–H and O–H groups in total. The lowest BCUT2D eigenvalue weighted by molar-refractivity contribution is -0.118. The minimum atomic E-state index is -0.298. The van der Waals surface area contributed by atoms with E-state index < -0.39 is 0 Å². The van der Waals surface area contributed by atoms with Crippen molar-refractivity contribution in [1.82, 2.24) is 0 Å². The normalized spacial score (nSPS) is 9.64. The molecule has 0 aliphatic heterocycles. The van der Waals surface area contributed by atoms with Gasteiger partial charge in [0.05, 0.1) is 11.5 Å². The molecule has 0 aromatic rings. The van der Waals surface area contributed by atoms with Crippen LogP contribution in [0.25, 0.3) is 0 Å². The Balaban J connectivity index is 0. The number of hydrogen-bond donors (Lipinski definition) is 1. The molecule has 0 aliphatic rings. The van der Waals surface area contributed by atoms with E-state index >= 15 is 0 Å². The third-order valence-corrected chi connectivity index (χ3v) is 1.56. The van der Waals surface area contributed by atoms with Crippen molar-refractivity contribution in [1.29, 1.82) is 0 Å². The summed E-state index contributed by atoms with van der Waals surface area (Å²) in [6.45, 7) is 6.44. The molecule has 0 fully saturated rings. The minimum Gasteiger partial charge on any atom is -0.370 e. The van der Waals surface area contributed by atoms with Crippen molar-refractivity contribution < 1.29 is 4.79 Å². The van der Waals surface area contributed by atoms with Crippen LogP contribution in [0.1, 0.15) is 33.6 Å². The van der Waals surface area contributed by atoms with E-state index in [4.69, 9.17) is 5.73 Å². The Bertz CT molecular complexity index is 232. The first-order valence-electron chi connectivity index (χ1n) is 4.39. The summed E-state index contributed by atoms with van der Waals surface area (Å²) in [6.07, 6.45) is 0.985. The van der Waals surface area contributed by atoms with Crippen LogP contribution in [0.3, 0.4) is 0 Å². The lowest BCUT2D eigenvalue weighted by Gasteiger charge is -2.15. The fourth-order valence-electron chi connectivity index (χ4n) is 0.726. The summed E-state index contributed by atoms with van der Waals surface area (Å²) < 4.78 is 0. The molecule has 14 heavy (non-hydrogen) atoms. The smallest absolute Gasteiger partial charge is 0.217 e. The van der Waals surface area contributed by atoms with Crippen molar-refractivity contribution >= 4 is 24.3 Å². The first kappa shape index (κ1) is 15.6. The molecule has 0 saturated heterocycles. The number of halogens is 1. The highest BCUT2D eigenvalue weighted by atomic mass is 35.5. The SMILES string of the molecule is CCN=C=NC(C)(C)CCC(N)=O.Cl. The molecule has 0 aromatic carbocycles. The van der Waals surface area contributed by atoms with Crippen molar-refractivity contribution in [3.8, 4) is 0 Å². The summed E-state index contributed by atoms with van der Waals surface area (Å²) in [6, 6.07) is 2.60. The second kappa shape index (κ2) is 7.54. The number of primary amides is 1. The van der Waals surface area contributed by atoms with E-state index in [-0.39, 0.29) is 23.9 Å². The van der Waals surface area contributed by atoms with Gasteiger partial charge in [0.25, 0.3) is 0 Å². The Morgan fingerprint density at radius 3 is 2.50 bits per heavy atom. The van der Waals surface area contributed by atoms with Crippen LogP contribution in [0.5, 0.6) is 0 Å². The number of hydrogen-bond acceptors (Lipinski definition) is 3. The maximum Gasteiger partial charge on any atom is 0.217 e. The van der Waals surface area contributed by atoms with Gasteiger partial charge in [0.15, 0.2) is 0 Å². The number of nitrogens with zero attached hydrogens (tertiary/aromatic N) is 2. The predicted molar refractivity (Wildman–Crippen MR) is 60.2 cm³/mol. The molecule has 0 aliphatic carbocycles. The standard InChI is InChI=1S/C9H17N3O.ClH/c1-4-11-7-12-9(2,3)6-5-8(10)13;/h4-6H2,1-3H3,(H2,10,13);1H. The van der Waals surface area contributed by atoms with E-state index in [1.807, 2.05) is 20.8 Å². The highest BCUT2D eigenvalue weighted by molar-refractivity contribution is 5.85. The van der Waals surface area contributed by atoms with Crippen LogP contribution in [-0.4, -0.2) is 24.0 Å². The average Bonchev–Trinajstić information content (AvgIpc) is 2.02. The molecule has 0 saturated carbocycles. The van der Waals surface area contributed by atoms with Gasteiger partial charge in [0.2, 0.25) is 5.91 Å². The fourth-order valence-corrected chi connectivity index (χ4v) is 0.726. The molecular formula is C9H18ClN3O. The van der Waals surface area contributed by atoms with Gasteiger partial charge in [-0.25, -0.2) is 9.98 Å². The third kappa shape index (κ3) is 9.23. The van der Waals surface area contributed by atoms with Gasteiger partial charge in [-0.1, -0.05) is 0 Å². The van der Waals surface area contributed by atoms with Crippen LogP contribution in [0, 0.1) is 0 Å². The summed E-state index contributed by atoms with van der Waals surface area (Å²) in [7, 11) is 0. The molecule has 4 nitrogen and oxygen atoms in total. The lowest BCUT2D eigenvalue weighted by atomic mass is 9.99. The summed E-state index contributed by atoms with van der Waals surface area (Å²) >= 11 is 0. The summed E-state index contributed by atoms with van der Waals surface area (Å²) in [5.41, 5.74) is 4.73. The van der Waals surface area contributed by atoms with Gasteiger partial charge < -0.3 is 5.73 Å². The molecule has 1 amide bonds. The van der Waals surface area contributed by atoms with E-state index in [1.165, 1.54) is 0 Å². The molecule has 0 bridgehead atoms. The number of carbonyl (C=O) groups is 1. The molecule has 0 unspecified atom stereocenters. The summed E-state index contributed by atoms with van der Waals surface area (Å²) in [5, 5.41) is 0. The molecule has 82 valence electrons. The van der Waals surface area contributed by atoms with E-state index in [2.05, 4.69) is 16.0 Å². The van der Waals surface area contributed by atoms with Crippen molar-refractivity contribution in [3.05, 3.63) is 0 Å². The van der Waals surface area contributed by atoms with E-state index in [0.29, 0.717) is 19.4 Å². The Morgan fingerprint density at radius 1 is 1.50 bits per heavy atom. The molecule has 0 heterocycles. The van der Waals surface area contributed by atoms with Crippen LogP contribution >= 0.6 is 12.4 Å². The highest BCUT2D eigenvalue weighted by Crippen LogP contribution is 2.15. The highest BCUT2D eigenvalue weighted by Gasteiger charge is 2.16. The number of amides is 1. The predicted octanol–water partition coefficient (Wildman–Crippen LogP) is 1.65. The zero-order chi connectivity index (χ0) is 10.3. The molecule has 0 aromatic heterocycles. The molecule has 0 spiro atoms. The monoisotopic (exact) mass is 219 g/mol. The zero-order valence-corrected chi connectivity index (χ0v) is 9.73.